The topological polar surface area (TPSA) is 83.0 Å². The van der Waals surface area contributed by atoms with Gasteiger partial charge < -0.3 is 16.2 Å². The van der Waals surface area contributed by atoms with E-state index in [1.54, 1.807) is 7.05 Å². The second-order valence-electron chi connectivity index (χ2n) is 6.10. The lowest BCUT2D eigenvalue weighted by Crippen LogP contribution is -2.28. The summed E-state index contributed by atoms with van der Waals surface area (Å²) in [5.74, 6) is 0.256. The second kappa shape index (κ2) is 9.90. The zero-order chi connectivity index (χ0) is 19.8. The Morgan fingerprint density at radius 3 is 2.59 bits per heavy atom. The highest BCUT2D eigenvalue weighted by Crippen LogP contribution is 2.22. The first-order valence-corrected chi connectivity index (χ1v) is 9.00. The normalized spacial score (nSPS) is 15.9. The van der Waals surface area contributed by atoms with Crippen LogP contribution in [0.1, 0.15) is 17.5 Å². The number of aryl methyl sites for hydroxylation is 1. The number of nitrogens with zero attached hydrogens (tertiary/aromatic N) is 2. The predicted octanol–water partition coefficient (Wildman–Crippen LogP) is 3.88. The van der Waals surface area contributed by atoms with E-state index in [0.717, 1.165) is 27.3 Å². The quantitative estimate of drug-likeness (QED) is 0.395. The van der Waals surface area contributed by atoms with E-state index in [9.17, 15) is 5.11 Å². The van der Waals surface area contributed by atoms with Crippen LogP contribution in [0, 0.1) is 6.92 Å². The number of nitrogens with one attached hydrogen (secondary N) is 1. The van der Waals surface area contributed by atoms with Crippen LogP contribution in [0.3, 0.4) is 0 Å². The molecule has 0 heterocycles. The summed E-state index contributed by atoms with van der Waals surface area (Å²) in [6.45, 7) is 6.46. The molecule has 0 aliphatic heterocycles. The molecule has 5 nitrogen and oxygen atoms in total. The Morgan fingerprint density at radius 2 is 2.00 bits per heavy atom. The minimum absolute atomic E-state index is 0.0635. The molecule has 0 bridgehead atoms. The summed E-state index contributed by atoms with van der Waals surface area (Å²) in [6.07, 6.45) is 6.52. The van der Waals surface area contributed by atoms with Gasteiger partial charge in [0.1, 0.15) is 5.70 Å². The first-order valence-electron chi connectivity index (χ1n) is 8.62. The largest absolute Gasteiger partial charge is 0.503 e. The first-order chi connectivity index (χ1) is 13.0. The fourth-order valence-corrected chi connectivity index (χ4v) is 2.81. The van der Waals surface area contributed by atoms with E-state index in [1.165, 1.54) is 0 Å². The lowest BCUT2D eigenvalue weighted by Gasteiger charge is -2.13. The van der Waals surface area contributed by atoms with Crippen molar-refractivity contribution in [3.63, 3.8) is 0 Å². The van der Waals surface area contributed by atoms with Gasteiger partial charge in [-0.1, -0.05) is 59.7 Å². The van der Waals surface area contributed by atoms with Crippen LogP contribution in [0.5, 0.6) is 0 Å². The molecule has 1 aromatic rings. The van der Waals surface area contributed by atoms with Crippen molar-refractivity contribution >= 4 is 29.9 Å². The van der Waals surface area contributed by atoms with Crippen LogP contribution in [-0.4, -0.2) is 37.8 Å². The van der Waals surface area contributed by atoms with Crippen LogP contribution in [0.2, 0.25) is 0 Å². The molecule has 2 rings (SSSR count). The smallest absolute Gasteiger partial charge is 0.184 e. The van der Waals surface area contributed by atoms with Crippen molar-refractivity contribution in [3.8, 4) is 0 Å². The monoisotopic (exact) mass is 384 g/mol. The van der Waals surface area contributed by atoms with Gasteiger partial charge in [-0.25, -0.2) is 0 Å². The fraction of sp³-hybridized carbons (Fsp3) is 0.238. The molecule has 0 fully saturated rings. The molecular formula is C21H25ClN4O. The molecule has 4 N–H and O–H groups in total. The standard InChI is InChI=1S/C21H25ClN4O/c1-14-4-8-16(9-5-14)19(24-2)20(27)21(25-3)26-13-17-10-6-15(12-23)7-11-18(17)22/h4-10,27H,2,11-13,23H2,1,3H3,(H,25,26)/b20-19+. The molecule has 1 aliphatic rings. The van der Waals surface area contributed by atoms with E-state index in [4.69, 9.17) is 17.3 Å². The fourth-order valence-electron chi connectivity index (χ4n) is 2.60. The lowest BCUT2D eigenvalue weighted by molar-refractivity contribution is 0.441. The molecule has 1 aromatic carbocycles. The summed E-state index contributed by atoms with van der Waals surface area (Å²) < 4.78 is 0. The average Bonchev–Trinajstić information content (AvgIpc) is 2.86. The maximum Gasteiger partial charge on any atom is 0.184 e. The third-order valence-electron chi connectivity index (χ3n) is 4.23. The maximum atomic E-state index is 10.7. The number of aliphatic hydroxyl groups is 1. The molecule has 0 saturated carbocycles. The number of aliphatic hydroxyl groups excluding tert-OH is 1. The second-order valence-corrected chi connectivity index (χ2v) is 6.55. The molecule has 0 atom stereocenters. The minimum Gasteiger partial charge on any atom is -0.503 e. The Kier molecular flexibility index (Phi) is 7.58. The van der Waals surface area contributed by atoms with Gasteiger partial charge in [-0.3, -0.25) is 9.98 Å². The highest BCUT2D eigenvalue weighted by Gasteiger charge is 2.14. The number of benzene rings is 1. The Labute approximate surface area is 165 Å². The van der Waals surface area contributed by atoms with Crippen LogP contribution < -0.4 is 11.1 Å². The van der Waals surface area contributed by atoms with Gasteiger partial charge in [0.15, 0.2) is 11.6 Å². The predicted molar refractivity (Wildman–Crippen MR) is 115 cm³/mol. The van der Waals surface area contributed by atoms with Crippen molar-refractivity contribution in [2.75, 3.05) is 20.1 Å². The van der Waals surface area contributed by atoms with Crippen LogP contribution >= 0.6 is 11.6 Å². The summed E-state index contributed by atoms with van der Waals surface area (Å²) in [4.78, 5) is 8.14. The van der Waals surface area contributed by atoms with Gasteiger partial charge in [0, 0.05) is 37.2 Å². The number of rotatable bonds is 6. The van der Waals surface area contributed by atoms with E-state index in [-0.39, 0.29) is 5.76 Å². The zero-order valence-corrected chi connectivity index (χ0v) is 16.4. The van der Waals surface area contributed by atoms with Crippen LogP contribution in [0.4, 0.5) is 0 Å². The maximum absolute atomic E-state index is 10.7. The van der Waals surface area contributed by atoms with Crippen molar-refractivity contribution in [1.29, 1.82) is 0 Å². The van der Waals surface area contributed by atoms with Crippen molar-refractivity contribution in [1.82, 2.24) is 5.32 Å². The number of hydrogen-bond acceptors (Lipinski definition) is 4. The number of aliphatic imine (C=N–C) groups is 2. The van der Waals surface area contributed by atoms with Crippen molar-refractivity contribution < 1.29 is 5.11 Å². The van der Waals surface area contributed by atoms with E-state index in [2.05, 4.69) is 22.0 Å². The summed E-state index contributed by atoms with van der Waals surface area (Å²) >= 11 is 6.38. The molecule has 6 heteroatoms. The number of halogens is 1. The molecule has 0 aromatic heterocycles. The molecule has 0 unspecified atom stereocenters. The highest BCUT2D eigenvalue weighted by molar-refractivity contribution is 6.30. The SMILES string of the molecule is C=N/C(=C(/O)C(=NC)NCC1=C(Cl)CC=C(CN)C=C1)c1ccc(C)cc1. The van der Waals surface area contributed by atoms with Crippen LogP contribution in [-0.2, 0) is 0 Å². The summed E-state index contributed by atoms with van der Waals surface area (Å²) in [6, 6.07) is 7.67. The average molecular weight is 385 g/mol. The number of hydrogen-bond donors (Lipinski definition) is 3. The lowest BCUT2D eigenvalue weighted by atomic mass is 10.1. The minimum atomic E-state index is -0.0635. The van der Waals surface area contributed by atoms with Crippen molar-refractivity contribution in [2.24, 2.45) is 15.7 Å². The highest BCUT2D eigenvalue weighted by atomic mass is 35.5. The van der Waals surface area contributed by atoms with Gasteiger partial charge in [0.05, 0.1) is 0 Å². The molecular weight excluding hydrogens is 360 g/mol. The Bertz CT molecular complexity index is 845. The Morgan fingerprint density at radius 1 is 1.30 bits per heavy atom. The summed E-state index contributed by atoms with van der Waals surface area (Å²) in [5, 5.41) is 14.5. The van der Waals surface area contributed by atoms with E-state index in [0.29, 0.717) is 31.0 Å². The van der Waals surface area contributed by atoms with Crippen molar-refractivity contribution in [2.45, 2.75) is 13.3 Å². The van der Waals surface area contributed by atoms with Gasteiger partial charge in [0.2, 0.25) is 0 Å². The van der Waals surface area contributed by atoms with Gasteiger partial charge in [0.25, 0.3) is 0 Å². The molecule has 0 saturated heterocycles. The van der Waals surface area contributed by atoms with Gasteiger partial charge >= 0.3 is 0 Å². The number of nitrogens with two attached hydrogens (primary N) is 1. The summed E-state index contributed by atoms with van der Waals surface area (Å²) in [5.41, 5.74) is 9.89. The van der Waals surface area contributed by atoms with Crippen LogP contribution in [0.15, 0.2) is 74.4 Å². The molecule has 0 spiro atoms. The first kappa shape index (κ1) is 20.7. The third-order valence-corrected chi connectivity index (χ3v) is 4.62. The molecule has 1 aliphatic carbocycles. The zero-order valence-electron chi connectivity index (χ0n) is 15.7. The molecule has 27 heavy (non-hydrogen) atoms. The van der Waals surface area contributed by atoms with Gasteiger partial charge in [-0.15, -0.1) is 0 Å². The van der Waals surface area contributed by atoms with E-state index >= 15 is 0 Å². The number of amidine groups is 1. The van der Waals surface area contributed by atoms with Gasteiger partial charge in [-0.05, 0) is 24.8 Å². The van der Waals surface area contributed by atoms with Crippen LogP contribution in [0.25, 0.3) is 5.70 Å². The van der Waals surface area contributed by atoms with Gasteiger partial charge in [-0.2, -0.15) is 0 Å². The summed E-state index contributed by atoms with van der Waals surface area (Å²) in [7, 11) is 1.60. The molecule has 0 radical (unpaired) electrons. The molecule has 0 amide bonds. The van der Waals surface area contributed by atoms with Crippen molar-refractivity contribution in [3.05, 3.63) is 75.6 Å². The number of allylic oxidation sites excluding steroid dienone is 2. The third kappa shape index (κ3) is 5.42. The van der Waals surface area contributed by atoms with E-state index in [1.807, 2.05) is 49.4 Å². The Balaban J connectivity index is 2.21. The Hall–Kier alpha value is -2.63. The molecule has 142 valence electrons. The van der Waals surface area contributed by atoms with E-state index < -0.39 is 0 Å².